The van der Waals surface area contributed by atoms with Crippen LogP contribution in [0.2, 0.25) is 0 Å². The average molecular weight is 294 g/mol. The van der Waals surface area contributed by atoms with Crippen LogP contribution in [-0.2, 0) is 4.74 Å². The standard InChI is InChI=1S/C14H17NO6/c1-20-14(9-4-2-3-5-9)21-12-8-10(13(16)17)6-7-11(12)15(18)19/h6-9,14H,2-5H2,1H3,(H,16,17)/p-1. The van der Waals surface area contributed by atoms with Crippen molar-refractivity contribution < 1.29 is 24.3 Å². The van der Waals surface area contributed by atoms with Crippen molar-refractivity contribution in [2.24, 2.45) is 5.92 Å². The molecule has 1 aliphatic rings. The summed E-state index contributed by atoms with van der Waals surface area (Å²) in [5.74, 6) is -1.37. The van der Waals surface area contributed by atoms with Crippen LogP contribution in [0.1, 0.15) is 36.0 Å². The van der Waals surface area contributed by atoms with E-state index >= 15 is 0 Å². The molecule has 0 amide bonds. The summed E-state index contributed by atoms with van der Waals surface area (Å²) in [4.78, 5) is 21.3. The van der Waals surface area contributed by atoms with Crippen molar-refractivity contribution in [1.82, 2.24) is 0 Å². The molecule has 0 aromatic heterocycles. The SMILES string of the molecule is COC(Oc1cc(C(=O)[O-])ccc1[N+](=O)[O-])C1CCCC1. The van der Waals surface area contributed by atoms with Gasteiger partial charge in [0.05, 0.1) is 10.9 Å². The topological polar surface area (TPSA) is 102 Å². The van der Waals surface area contributed by atoms with Crippen molar-refractivity contribution >= 4 is 11.7 Å². The lowest BCUT2D eigenvalue weighted by Gasteiger charge is -2.23. The van der Waals surface area contributed by atoms with Crippen molar-refractivity contribution in [3.05, 3.63) is 33.9 Å². The number of carboxylic acids is 1. The average Bonchev–Trinajstić information content (AvgIpc) is 2.98. The van der Waals surface area contributed by atoms with E-state index in [1.807, 2.05) is 0 Å². The zero-order chi connectivity index (χ0) is 15.4. The number of carbonyl (C=O) groups excluding carboxylic acids is 1. The van der Waals surface area contributed by atoms with Crippen LogP contribution in [-0.4, -0.2) is 24.3 Å². The molecule has 0 spiro atoms. The molecule has 1 aromatic rings. The van der Waals surface area contributed by atoms with E-state index < -0.39 is 17.2 Å². The minimum Gasteiger partial charge on any atom is -0.545 e. The number of methoxy groups -OCH3 is 1. The zero-order valence-electron chi connectivity index (χ0n) is 11.6. The first-order valence-electron chi connectivity index (χ1n) is 6.72. The number of nitro groups is 1. The molecule has 1 fully saturated rings. The maximum atomic E-state index is 11.0. The summed E-state index contributed by atoms with van der Waals surface area (Å²) < 4.78 is 10.8. The number of benzene rings is 1. The number of hydrogen-bond donors (Lipinski definition) is 0. The molecule has 1 unspecified atom stereocenters. The first kappa shape index (κ1) is 15.2. The largest absolute Gasteiger partial charge is 0.545 e. The van der Waals surface area contributed by atoms with E-state index in [0.29, 0.717) is 0 Å². The summed E-state index contributed by atoms with van der Waals surface area (Å²) >= 11 is 0. The summed E-state index contributed by atoms with van der Waals surface area (Å²) in [6.45, 7) is 0. The van der Waals surface area contributed by atoms with Crippen molar-refractivity contribution in [2.45, 2.75) is 32.0 Å². The quantitative estimate of drug-likeness (QED) is 0.447. The molecule has 0 heterocycles. The number of aromatic carboxylic acids is 1. The Bertz CT molecular complexity index is 538. The Morgan fingerprint density at radius 2 is 2.05 bits per heavy atom. The van der Waals surface area contributed by atoms with Crippen LogP contribution < -0.4 is 9.84 Å². The molecule has 2 rings (SSSR count). The van der Waals surface area contributed by atoms with E-state index in [1.165, 1.54) is 7.11 Å². The number of carbonyl (C=O) groups is 1. The predicted molar refractivity (Wildman–Crippen MR) is 70.8 cm³/mol. The highest BCUT2D eigenvalue weighted by Gasteiger charge is 2.29. The molecule has 1 saturated carbocycles. The molecule has 7 heteroatoms. The Hall–Kier alpha value is -2.15. The number of rotatable bonds is 6. The third kappa shape index (κ3) is 3.49. The molecule has 0 saturated heterocycles. The van der Waals surface area contributed by atoms with Gasteiger partial charge in [-0.1, -0.05) is 12.8 Å². The molecule has 1 atom stereocenters. The normalized spacial score (nSPS) is 16.6. The molecule has 0 N–H and O–H groups in total. The summed E-state index contributed by atoms with van der Waals surface area (Å²) in [5, 5.41) is 21.9. The van der Waals surface area contributed by atoms with Gasteiger partial charge in [-0.05, 0) is 25.0 Å². The molecule has 1 aliphatic carbocycles. The number of nitrogens with zero attached hydrogens (tertiary/aromatic N) is 1. The van der Waals surface area contributed by atoms with E-state index in [-0.39, 0.29) is 22.9 Å². The van der Waals surface area contributed by atoms with Gasteiger partial charge in [-0.15, -0.1) is 0 Å². The van der Waals surface area contributed by atoms with E-state index in [4.69, 9.17) is 9.47 Å². The number of nitro benzene ring substituents is 1. The second-order valence-electron chi connectivity index (χ2n) is 4.99. The lowest BCUT2D eigenvalue weighted by Crippen LogP contribution is -2.28. The fourth-order valence-corrected chi connectivity index (χ4v) is 2.58. The smallest absolute Gasteiger partial charge is 0.311 e. The second kappa shape index (κ2) is 6.53. The van der Waals surface area contributed by atoms with Gasteiger partial charge in [0, 0.05) is 24.7 Å². The molecule has 0 aliphatic heterocycles. The number of hydrogen-bond acceptors (Lipinski definition) is 6. The summed E-state index contributed by atoms with van der Waals surface area (Å²) in [6.07, 6.45) is 3.35. The van der Waals surface area contributed by atoms with Gasteiger partial charge >= 0.3 is 5.69 Å². The van der Waals surface area contributed by atoms with E-state index in [9.17, 15) is 20.0 Å². The Morgan fingerprint density at radius 3 is 2.57 bits per heavy atom. The molecular formula is C14H16NO6-. The van der Waals surface area contributed by atoms with Crippen molar-refractivity contribution in [3.8, 4) is 5.75 Å². The van der Waals surface area contributed by atoms with Crippen LogP contribution in [0.5, 0.6) is 5.75 Å². The van der Waals surface area contributed by atoms with Gasteiger partial charge in [-0.3, -0.25) is 10.1 Å². The highest BCUT2D eigenvalue weighted by atomic mass is 16.7. The van der Waals surface area contributed by atoms with E-state index in [2.05, 4.69) is 0 Å². The number of carboxylic acid groups (broad SMARTS) is 1. The first-order chi connectivity index (χ1) is 10.0. The van der Waals surface area contributed by atoms with Gasteiger partial charge in [0.2, 0.25) is 12.0 Å². The van der Waals surface area contributed by atoms with E-state index in [1.54, 1.807) is 0 Å². The third-order valence-corrected chi connectivity index (χ3v) is 3.65. The van der Waals surface area contributed by atoms with Crippen LogP contribution in [0.3, 0.4) is 0 Å². The summed E-state index contributed by atoms with van der Waals surface area (Å²) in [5.41, 5.74) is -0.461. The fraction of sp³-hybridized carbons (Fsp3) is 0.500. The van der Waals surface area contributed by atoms with Gasteiger partial charge in [0.1, 0.15) is 0 Å². The van der Waals surface area contributed by atoms with Crippen molar-refractivity contribution in [1.29, 1.82) is 0 Å². The Labute approximate surface area is 121 Å². The number of ether oxygens (including phenoxy) is 2. The molecule has 7 nitrogen and oxygen atoms in total. The van der Waals surface area contributed by atoms with Gasteiger partial charge in [0.25, 0.3) is 0 Å². The minimum absolute atomic E-state index is 0.111. The molecular weight excluding hydrogens is 278 g/mol. The van der Waals surface area contributed by atoms with Crippen LogP contribution >= 0.6 is 0 Å². The Kier molecular flexibility index (Phi) is 4.74. The Morgan fingerprint density at radius 1 is 1.38 bits per heavy atom. The monoisotopic (exact) mass is 294 g/mol. The van der Waals surface area contributed by atoms with Crippen molar-refractivity contribution in [2.75, 3.05) is 7.11 Å². The van der Waals surface area contributed by atoms with Crippen LogP contribution in [0, 0.1) is 16.0 Å². The maximum absolute atomic E-state index is 11.0. The maximum Gasteiger partial charge on any atom is 0.311 e. The van der Waals surface area contributed by atoms with Crippen LogP contribution in [0.15, 0.2) is 18.2 Å². The lowest BCUT2D eigenvalue weighted by molar-refractivity contribution is -0.386. The third-order valence-electron chi connectivity index (χ3n) is 3.65. The van der Waals surface area contributed by atoms with Crippen molar-refractivity contribution in [3.63, 3.8) is 0 Å². The van der Waals surface area contributed by atoms with Gasteiger partial charge < -0.3 is 19.4 Å². The highest BCUT2D eigenvalue weighted by molar-refractivity contribution is 5.87. The summed E-state index contributed by atoms with van der Waals surface area (Å²) in [7, 11) is 1.47. The second-order valence-corrected chi connectivity index (χ2v) is 4.99. The lowest BCUT2D eigenvalue weighted by atomic mass is 10.1. The minimum atomic E-state index is -1.41. The molecule has 1 aromatic carbocycles. The molecule has 114 valence electrons. The molecule has 21 heavy (non-hydrogen) atoms. The van der Waals surface area contributed by atoms with Crippen LogP contribution in [0.25, 0.3) is 0 Å². The predicted octanol–water partition coefficient (Wildman–Crippen LogP) is 1.50. The first-order valence-corrected chi connectivity index (χ1v) is 6.72. The fourth-order valence-electron chi connectivity index (χ4n) is 2.58. The van der Waals surface area contributed by atoms with Gasteiger partial charge in [-0.25, -0.2) is 0 Å². The van der Waals surface area contributed by atoms with Gasteiger partial charge in [-0.2, -0.15) is 0 Å². The summed E-state index contributed by atoms with van der Waals surface area (Å²) in [6, 6.07) is 3.33. The molecule has 0 radical (unpaired) electrons. The van der Waals surface area contributed by atoms with Gasteiger partial charge in [0.15, 0.2) is 0 Å². The zero-order valence-corrected chi connectivity index (χ0v) is 11.6. The molecule has 0 bridgehead atoms. The Balaban J connectivity index is 2.28. The van der Waals surface area contributed by atoms with E-state index in [0.717, 1.165) is 43.9 Å². The highest BCUT2D eigenvalue weighted by Crippen LogP contribution is 2.34. The van der Waals surface area contributed by atoms with Crippen LogP contribution in [0.4, 0.5) is 5.69 Å².